The second kappa shape index (κ2) is 8.42. The lowest BCUT2D eigenvalue weighted by Gasteiger charge is -2.41. The molecule has 0 bridgehead atoms. The molecule has 1 N–H and O–H groups in total. The van der Waals surface area contributed by atoms with Crippen LogP contribution in [0.15, 0.2) is 0 Å². The highest BCUT2D eigenvalue weighted by Crippen LogP contribution is 2.19. The predicted octanol–water partition coefficient (Wildman–Crippen LogP) is 0.467. The van der Waals surface area contributed by atoms with Gasteiger partial charge in [0.1, 0.15) is 0 Å². The summed E-state index contributed by atoms with van der Waals surface area (Å²) in [5.74, 6) is 0.233. The highest BCUT2D eigenvalue weighted by Gasteiger charge is 2.29. The van der Waals surface area contributed by atoms with E-state index >= 15 is 0 Å². The van der Waals surface area contributed by atoms with Gasteiger partial charge in [-0.3, -0.25) is 9.69 Å². The Morgan fingerprint density at radius 3 is 2.65 bits per heavy atom. The van der Waals surface area contributed by atoms with Crippen LogP contribution in [-0.2, 0) is 14.3 Å². The van der Waals surface area contributed by atoms with Gasteiger partial charge in [0, 0.05) is 45.4 Å². The summed E-state index contributed by atoms with van der Waals surface area (Å²) < 4.78 is 11.2. The maximum absolute atomic E-state index is 12.3. The number of nitrogens with zero attached hydrogens (tertiary/aromatic N) is 2. The van der Waals surface area contributed by atoms with Crippen LogP contribution in [0.1, 0.15) is 32.6 Å². The predicted molar refractivity (Wildman–Crippen MR) is 88.4 cm³/mol. The van der Waals surface area contributed by atoms with E-state index < -0.39 is 0 Å². The number of rotatable bonds is 5. The van der Waals surface area contributed by atoms with Gasteiger partial charge in [0.05, 0.1) is 25.4 Å². The van der Waals surface area contributed by atoms with Gasteiger partial charge in [0.15, 0.2) is 0 Å². The zero-order valence-corrected chi connectivity index (χ0v) is 14.3. The average molecular weight is 325 g/mol. The molecular formula is C17H31N3O3. The van der Waals surface area contributed by atoms with E-state index in [1.807, 2.05) is 4.90 Å². The van der Waals surface area contributed by atoms with Crippen molar-refractivity contribution in [1.29, 1.82) is 0 Å². The van der Waals surface area contributed by atoms with Crippen molar-refractivity contribution in [2.75, 3.05) is 52.5 Å². The Morgan fingerprint density at radius 1 is 1.13 bits per heavy atom. The number of piperidine rings is 1. The third-order valence-corrected chi connectivity index (χ3v) is 5.28. The number of nitrogens with one attached hydrogen (secondary N) is 1. The van der Waals surface area contributed by atoms with E-state index in [-0.39, 0.29) is 5.91 Å². The Labute approximate surface area is 139 Å². The zero-order chi connectivity index (χ0) is 16.1. The second-order valence-electron chi connectivity index (χ2n) is 7.05. The smallest absolute Gasteiger partial charge is 0.236 e. The van der Waals surface area contributed by atoms with Crippen molar-refractivity contribution in [3.63, 3.8) is 0 Å². The first-order valence-corrected chi connectivity index (χ1v) is 9.18. The topological polar surface area (TPSA) is 54.0 Å². The van der Waals surface area contributed by atoms with Crippen molar-refractivity contribution in [1.82, 2.24) is 15.1 Å². The van der Waals surface area contributed by atoms with Gasteiger partial charge in [-0.2, -0.15) is 0 Å². The van der Waals surface area contributed by atoms with E-state index in [0.717, 1.165) is 71.6 Å². The monoisotopic (exact) mass is 325 g/mol. The molecule has 132 valence electrons. The normalized spacial score (nSPS) is 30.7. The van der Waals surface area contributed by atoms with E-state index in [1.165, 1.54) is 0 Å². The van der Waals surface area contributed by atoms with E-state index in [9.17, 15) is 4.79 Å². The van der Waals surface area contributed by atoms with Gasteiger partial charge in [-0.15, -0.1) is 0 Å². The molecule has 3 rings (SSSR count). The first-order chi connectivity index (χ1) is 11.2. The molecule has 3 aliphatic rings. The maximum atomic E-state index is 12.3. The molecule has 2 atom stereocenters. The van der Waals surface area contributed by atoms with E-state index in [1.54, 1.807) is 0 Å². The van der Waals surface area contributed by atoms with E-state index in [4.69, 9.17) is 9.47 Å². The molecule has 6 nitrogen and oxygen atoms in total. The van der Waals surface area contributed by atoms with Crippen LogP contribution >= 0.6 is 0 Å². The first-order valence-electron chi connectivity index (χ1n) is 9.18. The summed E-state index contributed by atoms with van der Waals surface area (Å²) in [4.78, 5) is 16.9. The molecule has 3 fully saturated rings. The summed E-state index contributed by atoms with van der Waals surface area (Å²) in [6.45, 7) is 8.93. The Bertz CT molecular complexity index is 379. The summed E-state index contributed by atoms with van der Waals surface area (Å²) in [5.41, 5.74) is 0. The standard InChI is InChI=1S/C17H31N3O3/c1-14-13-20(8-10-22-14)15-4-6-19(7-5-15)17(21)12-18-11-16-3-2-9-23-16/h14-16,18H,2-13H2,1H3. The molecule has 3 saturated heterocycles. The van der Waals surface area contributed by atoms with Gasteiger partial charge < -0.3 is 19.7 Å². The van der Waals surface area contributed by atoms with Gasteiger partial charge in [-0.05, 0) is 32.6 Å². The SMILES string of the molecule is CC1CN(C2CCN(C(=O)CNCC3CCCO3)CC2)CCO1. The fourth-order valence-electron chi connectivity index (χ4n) is 3.91. The molecule has 1 amide bonds. The van der Waals surface area contributed by atoms with Gasteiger partial charge in [-0.1, -0.05) is 0 Å². The summed E-state index contributed by atoms with van der Waals surface area (Å²) in [7, 11) is 0. The second-order valence-corrected chi connectivity index (χ2v) is 7.05. The molecular weight excluding hydrogens is 294 g/mol. The Balaban J connectivity index is 1.33. The molecule has 0 aromatic rings. The summed E-state index contributed by atoms with van der Waals surface area (Å²) in [6.07, 6.45) is 5.08. The van der Waals surface area contributed by atoms with Gasteiger partial charge in [0.2, 0.25) is 5.91 Å². The molecule has 0 radical (unpaired) electrons. The minimum atomic E-state index is 0.233. The lowest BCUT2D eigenvalue weighted by molar-refractivity contribution is -0.132. The van der Waals surface area contributed by atoms with Gasteiger partial charge in [-0.25, -0.2) is 0 Å². The van der Waals surface area contributed by atoms with Gasteiger partial charge >= 0.3 is 0 Å². The van der Waals surface area contributed by atoms with Crippen molar-refractivity contribution in [3.05, 3.63) is 0 Å². The van der Waals surface area contributed by atoms with Crippen LogP contribution in [0.2, 0.25) is 0 Å². The molecule has 23 heavy (non-hydrogen) atoms. The van der Waals surface area contributed by atoms with Crippen molar-refractivity contribution in [2.45, 2.75) is 50.9 Å². The quantitative estimate of drug-likeness (QED) is 0.796. The first kappa shape index (κ1) is 17.1. The Morgan fingerprint density at radius 2 is 1.96 bits per heavy atom. The highest BCUT2D eigenvalue weighted by atomic mass is 16.5. The summed E-state index contributed by atoms with van der Waals surface area (Å²) >= 11 is 0. The molecule has 0 spiro atoms. The number of ether oxygens (including phenoxy) is 2. The number of carbonyl (C=O) groups is 1. The van der Waals surface area contributed by atoms with Crippen LogP contribution in [0.4, 0.5) is 0 Å². The third-order valence-electron chi connectivity index (χ3n) is 5.28. The molecule has 2 unspecified atom stereocenters. The third kappa shape index (κ3) is 4.89. The molecule has 0 aliphatic carbocycles. The number of likely N-dealkylation sites (tertiary alicyclic amines) is 1. The molecule has 0 aromatic carbocycles. The molecule has 3 aliphatic heterocycles. The molecule has 6 heteroatoms. The summed E-state index contributed by atoms with van der Waals surface area (Å²) in [5, 5.41) is 3.26. The maximum Gasteiger partial charge on any atom is 0.236 e. The van der Waals surface area contributed by atoms with Gasteiger partial charge in [0.25, 0.3) is 0 Å². The number of morpholine rings is 1. The Hall–Kier alpha value is -0.690. The van der Waals surface area contributed by atoms with Crippen LogP contribution in [0.5, 0.6) is 0 Å². The highest BCUT2D eigenvalue weighted by molar-refractivity contribution is 5.78. The van der Waals surface area contributed by atoms with Crippen molar-refractivity contribution in [2.24, 2.45) is 0 Å². The lowest BCUT2D eigenvalue weighted by Crippen LogP contribution is -2.52. The fraction of sp³-hybridized carbons (Fsp3) is 0.941. The average Bonchev–Trinajstić information content (AvgIpc) is 3.08. The fourth-order valence-corrected chi connectivity index (χ4v) is 3.91. The zero-order valence-electron chi connectivity index (χ0n) is 14.3. The minimum Gasteiger partial charge on any atom is -0.377 e. The lowest BCUT2D eigenvalue weighted by atomic mass is 10.0. The van der Waals surface area contributed by atoms with E-state index in [2.05, 4.69) is 17.1 Å². The Kier molecular flexibility index (Phi) is 6.28. The number of amides is 1. The van der Waals surface area contributed by atoms with Crippen LogP contribution in [-0.4, -0.2) is 86.4 Å². The number of carbonyl (C=O) groups excluding carboxylic acids is 1. The molecule has 0 aromatic heterocycles. The van der Waals surface area contributed by atoms with Crippen molar-refractivity contribution >= 4 is 5.91 Å². The number of hydrogen-bond acceptors (Lipinski definition) is 5. The van der Waals surface area contributed by atoms with Crippen molar-refractivity contribution in [3.8, 4) is 0 Å². The largest absolute Gasteiger partial charge is 0.377 e. The van der Waals surface area contributed by atoms with Crippen LogP contribution < -0.4 is 5.32 Å². The minimum absolute atomic E-state index is 0.233. The molecule has 3 heterocycles. The molecule has 0 saturated carbocycles. The van der Waals surface area contributed by atoms with Crippen LogP contribution in [0.3, 0.4) is 0 Å². The van der Waals surface area contributed by atoms with Crippen LogP contribution in [0, 0.1) is 0 Å². The summed E-state index contributed by atoms with van der Waals surface area (Å²) in [6, 6.07) is 0.616. The van der Waals surface area contributed by atoms with Crippen molar-refractivity contribution < 1.29 is 14.3 Å². The number of hydrogen-bond donors (Lipinski definition) is 1. The van der Waals surface area contributed by atoms with E-state index in [0.29, 0.717) is 24.8 Å². The van der Waals surface area contributed by atoms with Crippen LogP contribution in [0.25, 0.3) is 0 Å².